The van der Waals surface area contributed by atoms with E-state index in [0.29, 0.717) is 31.7 Å². The molecule has 1 heterocycles. The predicted molar refractivity (Wildman–Crippen MR) is 79.8 cm³/mol. The number of primary amides is 1. The first-order chi connectivity index (χ1) is 9.97. The van der Waals surface area contributed by atoms with Gasteiger partial charge in [-0.25, -0.2) is 0 Å². The number of likely N-dealkylation sites (tertiary alicyclic amines) is 1. The van der Waals surface area contributed by atoms with E-state index in [0.717, 1.165) is 5.56 Å². The van der Waals surface area contributed by atoms with Gasteiger partial charge in [0.15, 0.2) is 6.10 Å². The number of amides is 2. The summed E-state index contributed by atoms with van der Waals surface area (Å²) in [5, 5.41) is 0. The van der Waals surface area contributed by atoms with Gasteiger partial charge in [0, 0.05) is 19.0 Å². The summed E-state index contributed by atoms with van der Waals surface area (Å²) in [5.41, 5.74) is 6.44. The lowest BCUT2D eigenvalue weighted by Crippen LogP contribution is -2.46. The van der Waals surface area contributed by atoms with Crippen molar-refractivity contribution in [2.75, 3.05) is 13.1 Å². The molecule has 1 aliphatic rings. The standard InChI is InChI=1S/C16H22N2O3/c1-11-3-5-14(6-4-11)21-12(2)16(20)18-9-7-13(8-10-18)15(17)19/h3-6,12-13H,7-10H2,1-2H3,(H2,17,19). The molecule has 5 nitrogen and oxygen atoms in total. The smallest absolute Gasteiger partial charge is 0.263 e. The van der Waals surface area contributed by atoms with Crippen LogP contribution in [0.15, 0.2) is 24.3 Å². The molecule has 1 aromatic rings. The minimum Gasteiger partial charge on any atom is -0.481 e. The molecule has 2 N–H and O–H groups in total. The molecule has 114 valence electrons. The first-order valence-corrected chi connectivity index (χ1v) is 7.29. The van der Waals surface area contributed by atoms with Gasteiger partial charge in [0.25, 0.3) is 5.91 Å². The highest BCUT2D eigenvalue weighted by atomic mass is 16.5. The van der Waals surface area contributed by atoms with E-state index in [4.69, 9.17) is 10.5 Å². The number of carbonyl (C=O) groups is 2. The summed E-state index contributed by atoms with van der Waals surface area (Å²) in [6.45, 7) is 4.88. The normalized spacial score (nSPS) is 17.3. The molecule has 1 atom stereocenters. The third kappa shape index (κ3) is 3.97. The number of hydrogen-bond donors (Lipinski definition) is 1. The summed E-state index contributed by atoms with van der Waals surface area (Å²) < 4.78 is 5.68. The lowest BCUT2D eigenvalue weighted by Gasteiger charge is -2.32. The minimum absolute atomic E-state index is 0.0431. The molecule has 0 aromatic heterocycles. The first kappa shape index (κ1) is 15.4. The zero-order valence-corrected chi connectivity index (χ0v) is 12.5. The number of carbonyl (C=O) groups excluding carboxylic acids is 2. The van der Waals surface area contributed by atoms with Crippen molar-refractivity contribution < 1.29 is 14.3 Å². The Labute approximate surface area is 125 Å². The minimum atomic E-state index is -0.530. The zero-order valence-electron chi connectivity index (χ0n) is 12.5. The van der Waals surface area contributed by atoms with E-state index in [-0.39, 0.29) is 17.7 Å². The number of nitrogens with two attached hydrogens (primary N) is 1. The molecule has 0 spiro atoms. The summed E-state index contributed by atoms with van der Waals surface area (Å²) in [5.74, 6) is 0.264. The molecule has 21 heavy (non-hydrogen) atoms. The van der Waals surface area contributed by atoms with Crippen LogP contribution in [-0.2, 0) is 9.59 Å². The summed E-state index contributed by atoms with van der Waals surface area (Å²) in [7, 11) is 0. The number of nitrogens with zero attached hydrogens (tertiary/aromatic N) is 1. The van der Waals surface area contributed by atoms with Crippen LogP contribution >= 0.6 is 0 Å². The van der Waals surface area contributed by atoms with Crippen LogP contribution in [0.25, 0.3) is 0 Å². The monoisotopic (exact) mass is 290 g/mol. The van der Waals surface area contributed by atoms with Crippen LogP contribution < -0.4 is 10.5 Å². The molecule has 0 saturated carbocycles. The van der Waals surface area contributed by atoms with Crippen LogP contribution in [0, 0.1) is 12.8 Å². The number of benzene rings is 1. The fourth-order valence-electron chi connectivity index (χ4n) is 2.51. The SMILES string of the molecule is Cc1ccc(OC(C)C(=O)N2CCC(C(N)=O)CC2)cc1. The van der Waals surface area contributed by atoms with Gasteiger partial charge in [-0.05, 0) is 38.8 Å². The lowest BCUT2D eigenvalue weighted by molar-refractivity contribution is -0.140. The van der Waals surface area contributed by atoms with Crippen molar-refractivity contribution in [1.82, 2.24) is 4.90 Å². The van der Waals surface area contributed by atoms with Crippen molar-refractivity contribution in [3.63, 3.8) is 0 Å². The molecule has 2 rings (SSSR count). The number of hydrogen-bond acceptors (Lipinski definition) is 3. The largest absolute Gasteiger partial charge is 0.481 e. The molecule has 1 fully saturated rings. The highest BCUT2D eigenvalue weighted by molar-refractivity contribution is 5.82. The van der Waals surface area contributed by atoms with Crippen molar-refractivity contribution in [3.05, 3.63) is 29.8 Å². The van der Waals surface area contributed by atoms with E-state index in [1.54, 1.807) is 11.8 Å². The Bertz CT molecular complexity index is 505. The van der Waals surface area contributed by atoms with E-state index < -0.39 is 6.10 Å². The molecular weight excluding hydrogens is 268 g/mol. The van der Waals surface area contributed by atoms with Crippen molar-refractivity contribution in [2.45, 2.75) is 32.8 Å². The van der Waals surface area contributed by atoms with Crippen molar-refractivity contribution in [1.29, 1.82) is 0 Å². The Morgan fingerprint density at radius 2 is 1.81 bits per heavy atom. The third-order valence-corrected chi connectivity index (χ3v) is 3.89. The highest BCUT2D eigenvalue weighted by Crippen LogP contribution is 2.19. The summed E-state index contributed by atoms with van der Waals surface area (Å²) in [6, 6.07) is 7.62. The average Bonchev–Trinajstić information content (AvgIpc) is 2.49. The van der Waals surface area contributed by atoms with Crippen molar-refractivity contribution >= 4 is 11.8 Å². The summed E-state index contributed by atoms with van der Waals surface area (Å²) in [4.78, 5) is 25.2. The second-order valence-corrected chi connectivity index (χ2v) is 5.58. The quantitative estimate of drug-likeness (QED) is 0.913. The molecule has 1 aromatic carbocycles. The first-order valence-electron chi connectivity index (χ1n) is 7.29. The van der Waals surface area contributed by atoms with Gasteiger partial charge < -0.3 is 15.4 Å². The van der Waals surface area contributed by atoms with Gasteiger partial charge in [0.1, 0.15) is 5.75 Å². The van der Waals surface area contributed by atoms with Gasteiger partial charge in [0.05, 0.1) is 0 Å². The molecule has 0 bridgehead atoms. The summed E-state index contributed by atoms with van der Waals surface area (Å²) >= 11 is 0. The highest BCUT2D eigenvalue weighted by Gasteiger charge is 2.28. The molecule has 0 radical (unpaired) electrons. The average molecular weight is 290 g/mol. The van der Waals surface area contributed by atoms with Crippen molar-refractivity contribution in [3.8, 4) is 5.75 Å². The molecule has 1 saturated heterocycles. The van der Waals surface area contributed by atoms with Crippen LogP contribution in [-0.4, -0.2) is 35.9 Å². The predicted octanol–water partition coefficient (Wildman–Crippen LogP) is 1.49. The van der Waals surface area contributed by atoms with Gasteiger partial charge in [-0.1, -0.05) is 17.7 Å². The number of aryl methyl sites for hydroxylation is 1. The van der Waals surface area contributed by atoms with Gasteiger partial charge in [-0.15, -0.1) is 0 Å². The van der Waals surface area contributed by atoms with E-state index in [1.165, 1.54) is 0 Å². The van der Waals surface area contributed by atoms with Crippen LogP contribution in [0.3, 0.4) is 0 Å². The van der Waals surface area contributed by atoms with Gasteiger partial charge in [-0.3, -0.25) is 9.59 Å². The van der Waals surface area contributed by atoms with E-state index >= 15 is 0 Å². The molecular formula is C16H22N2O3. The van der Waals surface area contributed by atoms with Gasteiger partial charge in [-0.2, -0.15) is 0 Å². The van der Waals surface area contributed by atoms with Crippen LogP contribution in [0.1, 0.15) is 25.3 Å². The Balaban J connectivity index is 1.88. The molecule has 1 unspecified atom stereocenters. The number of rotatable bonds is 4. The molecule has 1 aliphatic heterocycles. The van der Waals surface area contributed by atoms with Gasteiger partial charge >= 0.3 is 0 Å². The maximum Gasteiger partial charge on any atom is 0.263 e. The van der Waals surface area contributed by atoms with Crippen molar-refractivity contribution in [2.24, 2.45) is 11.7 Å². The Morgan fingerprint density at radius 1 is 1.24 bits per heavy atom. The number of ether oxygens (including phenoxy) is 1. The summed E-state index contributed by atoms with van der Waals surface area (Å²) in [6.07, 6.45) is 0.745. The van der Waals surface area contributed by atoms with E-state index in [1.807, 2.05) is 31.2 Å². The fourth-order valence-corrected chi connectivity index (χ4v) is 2.51. The Hall–Kier alpha value is -2.04. The Morgan fingerprint density at radius 3 is 2.33 bits per heavy atom. The zero-order chi connectivity index (χ0) is 15.4. The molecule has 5 heteroatoms. The molecule has 0 aliphatic carbocycles. The maximum absolute atomic E-state index is 12.3. The van der Waals surface area contributed by atoms with Gasteiger partial charge in [0.2, 0.25) is 5.91 Å². The fraction of sp³-hybridized carbons (Fsp3) is 0.500. The lowest BCUT2D eigenvalue weighted by atomic mass is 9.96. The molecule has 2 amide bonds. The van der Waals surface area contributed by atoms with Crippen LogP contribution in [0.4, 0.5) is 0 Å². The second-order valence-electron chi connectivity index (χ2n) is 5.58. The van der Waals surface area contributed by atoms with E-state index in [9.17, 15) is 9.59 Å². The van der Waals surface area contributed by atoms with E-state index in [2.05, 4.69) is 0 Å². The second kappa shape index (κ2) is 6.61. The topological polar surface area (TPSA) is 72.6 Å². The third-order valence-electron chi connectivity index (χ3n) is 3.89. The number of piperidine rings is 1. The van der Waals surface area contributed by atoms with Crippen LogP contribution in [0.2, 0.25) is 0 Å². The maximum atomic E-state index is 12.3. The Kier molecular flexibility index (Phi) is 4.83. The van der Waals surface area contributed by atoms with Crippen LogP contribution in [0.5, 0.6) is 5.75 Å².